The highest BCUT2D eigenvalue weighted by Crippen LogP contribution is 2.06. The van der Waals surface area contributed by atoms with Gasteiger partial charge in [-0.2, -0.15) is 0 Å². The number of rotatable bonds is 2. The normalized spacial score (nSPS) is 27.9. The van der Waals surface area contributed by atoms with E-state index < -0.39 is 12.0 Å². The monoisotopic (exact) mass is 165 g/mol. The van der Waals surface area contributed by atoms with Crippen LogP contribution >= 0.6 is 0 Å². The summed E-state index contributed by atoms with van der Waals surface area (Å²) in [5.41, 5.74) is 0. The Labute approximate surface area is 71.5 Å². The molecule has 0 aromatic carbocycles. The lowest BCUT2D eigenvalue weighted by Gasteiger charge is -2.22. The molecule has 0 unspecified atom stereocenters. The molecule has 0 saturated heterocycles. The van der Waals surface area contributed by atoms with Gasteiger partial charge >= 0.3 is 5.97 Å². The molecular formula is C9H11NO2. The van der Waals surface area contributed by atoms with Crippen LogP contribution in [0.5, 0.6) is 0 Å². The molecule has 0 amide bonds. The molecular weight excluding hydrogens is 154 g/mol. The summed E-state index contributed by atoms with van der Waals surface area (Å²) in [4.78, 5) is 10.6. The van der Waals surface area contributed by atoms with Crippen molar-refractivity contribution in [3.8, 4) is 12.3 Å². The van der Waals surface area contributed by atoms with Crippen LogP contribution in [0.15, 0.2) is 12.2 Å². The van der Waals surface area contributed by atoms with Crippen molar-refractivity contribution in [1.82, 2.24) is 5.32 Å². The number of carbonyl (C=O) groups is 1. The molecule has 1 rings (SSSR count). The van der Waals surface area contributed by atoms with Crippen molar-refractivity contribution >= 4 is 5.97 Å². The average Bonchev–Trinajstić information content (AvgIpc) is 2.05. The Morgan fingerprint density at radius 1 is 1.83 bits per heavy atom. The molecule has 0 saturated carbocycles. The summed E-state index contributed by atoms with van der Waals surface area (Å²) >= 11 is 0. The number of hydrogen-bond donors (Lipinski definition) is 2. The van der Waals surface area contributed by atoms with Gasteiger partial charge in [0, 0.05) is 12.5 Å². The summed E-state index contributed by atoms with van der Waals surface area (Å²) < 4.78 is 0. The van der Waals surface area contributed by atoms with Gasteiger partial charge in [0.1, 0.15) is 6.04 Å². The van der Waals surface area contributed by atoms with Gasteiger partial charge in [0.2, 0.25) is 0 Å². The molecule has 1 aliphatic rings. The zero-order valence-corrected chi connectivity index (χ0v) is 6.66. The smallest absolute Gasteiger partial charge is 0.321 e. The number of terminal acetylenes is 1. The molecule has 0 spiro atoms. The van der Waals surface area contributed by atoms with Gasteiger partial charge in [0.15, 0.2) is 0 Å². The maximum absolute atomic E-state index is 10.6. The summed E-state index contributed by atoms with van der Waals surface area (Å²) in [5, 5.41) is 11.6. The predicted molar refractivity (Wildman–Crippen MR) is 45.6 cm³/mol. The number of carboxylic acid groups (broad SMARTS) is 1. The van der Waals surface area contributed by atoms with Gasteiger partial charge in [0.25, 0.3) is 0 Å². The molecule has 0 bridgehead atoms. The molecule has 2 N–H and O–H groups in total. The zero-order valence-electron chi connectivity index (χ0n) is 6.66. The highest BCUT2D eigenvalue weighted by atomic mass is 16.4. The van der Waals surface area contributed by atoms with E-state index in [4.69, 9.17) is 11.5 Å². The molecule has 0 aliphatic carbocycles. The molecule has 0 aromatic heterocycles. The molecule has 0 fully saturated rings. The molecule has 12 heavy (non-hydrogen) atoms. The first-order chi connectivity index (χ1) is 5.74. The van der Waals surface area contributed by atoms with E-state index in [0.29, 0.717) is 12.8 Å². The van der Waals surface area contributed by atoms with Crippen molar-refractivity contribution in [2.75, 3.05) is 0 Å². The summed E-state index contributed by atoms with van der Waals surface area (Å²) in [5.74, 6) is 1.67. The number of carboxylic acids is 1. The van der Waals surface area contributed by atoms with Crippen molar-refractivity contribution < 1.29 is 9.90 Å². The summed E-state index contributed by atoms with van der Waals surface area (Å²) in [6, 6.07) is -0.460. The molecule has 3 nitrogen and oxygen atoms in total. The lowest BCUT2D eigenvalue weighted by atomic mass is 10.0. The van der Waals surface area contributed by atoms with Crippen LogP contribution in [0.25, 0.3) is 0 Å². The Morgan fingerprint density at radius 3 is 3.17 bits per heavy atom. The Hall–Kier alpha value is -1.27. The SMILES string of the molecule is C#CC[C@H]1C=CC[C@@H](C(=O)O)N1. The second-order valence-electron chi connectivity index (χ2n) is 2.74. The molecule has 2 atom stereocenters. The van der Waals surface area contributed by atoms with Gasteiger partial charge in [-0.3, -0.25) is 10.1 Å². The van der Waals surface area contributed by atoms with Crippen molar-refractivity contribution in [1.29, 1.82) is 0 Å². The number of hydrogen-bond acceptors (Lipinski definition) is 2. The molecule has 3 heteroatoms. The van der Waals surface area contributed by atoms with Crippen LogP contribution in [0.4, 0.5) is 0 Å². The van der Waals surface area contributed by atoms with Gasteiger partial charge in [-0.1, -0.05) is 12.2 Å². The minimum Gasteiger partial charge on any atom is -0.480 e. The van der Waals surface area contributed by atoms with Gasteiger partial charge < -0.3 is 5.11 Å². The van der Waals surface area contributed by atoms with Gasteiger partial charge in [0.05, 0.1) is 0 Å². The van der Waals surface area contributed by atoms with E-state index in [9.17, 15) is 4.79 Å². The Bertz CT molecular complexity index is 239. The minimum absolute atomic E-state index is 0.0184. The second kappa shape index (κ2) is 3.93. The van der Waals surface area contributed by atoms with E-state index in [2.05, 4.69) is 11.2 Å². The fraction of sp³-hybridized carbons (Fsp3) is 0.444. The fourth-order valence-electron chi connectivity index (χ4n) is 1.19. The summed E-state index contributed by atoms with van der Waals surface area (Å²) in [7, 11) is 0. The molecule has 1 heterocycles. The van der Waals surface area contributed by atoms with Crippen LogP contribution in [-0.2, 0) is 4.79 Å². The maximum atomic E-state index is 10.6. The van der Waals surface area contributed by atoms with E-state index >= 15 is 0 Å². The lowest BCUT2D eigenvalue weighted by Crippen LogP contribution is -2.44. The van der Waals surface area contributed by atoms with E-state index in [1.165, 1.54) is 0 Å². The Morgan fingerprint density at radius 2 is 2.58 bits per heavy atom. The summed E-state index contributed by atoms with van der Waals surface area (Å²) in [6.07, 6.45) is 9.96. The van der Waals surface area contributed by atoms with E-state index in [1.807, 2.05) is 12.2 Å². The highest BCUT2D eigenvalue weighted by molar-refractivity contribution is 5.74. The zero-order chi connectivity index (χ0) is 8.97. The minimum atomic E-state index is -0.818. The Balaban J connectivity index is 2.52. The van der Waals surface area contributed by atoms with Crippen molar-refractivity contribution in [2.45, 2.75) is 24.9 Å². The van der Waals surface area contributed by atoms with E-state index in [1.54, 1.807) is 0 Å². The third-order valence-corrected chi connectivity index (χ3v) is 1.79. The molecule has 0 radical (unpaired) electrons. The summed E-state index contributed by atoms with van der Waals surface area (Å²) in [6.45, 7) is 0. The quantitative estimate of drug-likeness (QED) is 0.459. The van der Waals surface area contributed by atoms with Crippen LogP contribution in [0.2, 0.25) is 0 Å². The third kappa shape index (κ3) is 2.11. The Kier molecular flexibility index (Phi) is 2.89. The van der Waals surface area contributed by atoms with E-state index in [-0.39, 0.29) is 6.04 Å². The second-order valence-corrected chi connectivity index (χ2v) is 2.74. The van der Waals surface area contributed by atoms with Crippen LogP contribution in [0, 0.1) is 12.3 Å². The van der Waals surface area contributed by atoms with Crippen molar-refractivity contribution in [3.63, 3.8) is 0 Å². The lowest BCUT2D eigenvalue weighted by molar-refractivity contribution is -0.139. The first-order valence-electron chi connectivity index (χ1n) is 3.83. The van der Waals surface area contributed by atoms with Gasteiger partial charge in [-0.25, -0.2) is 0 Å². The standard InChI is InChI=1S/C9H11NO2/c1-2-4-7-5-3-6-8(10-7)9(11)12/h1,3,5,7-8,10H,4,6H2,(H,11,12)/t7-,8-/m0/s1. The molecule has 1 aliphatic heterocycles. The van der Waals surface area contributed by atoms with Crippen LogP contribution in [0.3, 0.4) is 0 Å². The van der Waals surface area contributed by atoms with E-state index in [0.717, 1.165) is 0 Å². The predicted octanol–water partition coefficient (Wildman–Crippen LogP) is 0.381. The fourth-order valence-corrected chi connectivity index (χ4v) is 1.19. The van der Waals surface area contributed by atoms with Crippen LogP contribution in [0.1, 0.15) is 12.8 Å². The highest BCUT2D eigenvalue weighted by Gasteiger charge is 2.21. The molecule has 64 valence electrons. The topological polar surface area (TPSA) is 49.3 Å². The number of aliphatic carboxylic acids is 1. The van der Waals surface area contributed by atoms with Gasteiger partial charge in [-0.15, -0.1) is 12.3 Å². The number of nitrogens with one attached hydrogen (secondary N) is 1. The average molecular weight is 165 g/mol. The van der Waals surface area contributed by atoms with Gasteiger partial charge in [-0.05, 0) is 6.42 Å². The largest absolute Gasteiger partial charge is 0.480 e. The van der Waals surface area contributed by atoms with Crippen LogP contribution in [-0.4, -0.2) is 23.2 Å². The first-order valence-corrected chi connectivity index (χ1v) is 3.83. The third-order valence-electron chi connectivity index (χ3n) is 1.79. The first kappa shape index (κ1) is 8.82. The van der Waals surface area contributed by atoms with Crippen molar-refractivity contribution in [3.05, 3.63) is 12.2 Å². The molecule has 0 aromatic rings. The van der Waals surface area contributed by atoms with Crippen molar-refractivity contribution in [2.24, 2.45) is 0 Å². The van der Waals surface area contributed by atoms with Crippen LogP contribution < -0.4 is 5.32 Å². The maximum Gasteiger partial charge on any atom is 0.321 e.